The maximum Gasteiger partial charge on any atom is 0.232 e. The number of nitrogens with zero attached hydrogens (tertiary/aromatic N) is 1. The van der Waals surface area contributed by atoms with E-state index in [2.05, 4.69) is 5.32 Å². The van der Waals surface area contributed by atoms with Crippen molar-refractivity contribution in [1.82, 2.24) is 10.2 Å². The van der Waals surface area contributed by atoms with Crippen LogP contribution < -0.4 is 5.32 Å². The van der Waals surface area contributed by atoms with E-state index in [4.69, 9.17) is 0 Å². The summed E-state index contributed by atoms with van der Waals surface area (Å²) < 4.78 is 0. The molecule has 0 aromatic heterocycles. The highest BCUT2D eigenvalue weighted by Gasteiger charge is 2.25. The molecule has 0 aromatic carbocycles. The molecule has 2 fully saturated rings. The Labute approximate surface area is 126 Å². The van der Waals surface area contributed by atoms with Crippen molar-refractivity contribution in [3.63, 3.8) is 0 Å². The molecule has 0 aromatic rings. The van der Waals surface area contributed by atoms with Gasteiger partial charge in [-0.1, -0.05) is 19.3 Å². The predicted molar refractivity (Wildman–Crippen MR) is 84.0 cm³/mol. The monoisotopic (exact) mass is 300 g/mol. The number of rotatable bonds is 6. The van der Waals surface area contributed by atoms with Crippen molar-refractivity contribution in [1.29, 1.82) is 0 Å². The third kappa shape index (κ3) is 4.93. The molecule has 5 heteroatoms. The molecule has 4 nitrogen and oxygen atoms in total. The molecule has 20 heavy (non-hydrogen) atoms. The lowest BCUT2D eigenvalue weighted by molar-refractivity contribution is -0.131. The minimum Gasteiger partial charge on any atom is -0.395 e. The molecule has 116 valence electrons. The molecule has 0 radical (unpaired) electrons. The average Bonchev–Trinajstić information content (AvgIpc) is 2.52. The molecule has 1 saturated heterocycles. The SMILES string of the molecule is O=C(CSC1CCNCC1)N(CCO)C1CCCCC1. The Kier molecular flexibility index (Phi) is 7.17. The summed E-state index contributed by atoms with van der Waals surface area (Å²) in [7, 11) is 0. The molecule has 2 N–H and O–H groups in total. The molecule has 0 atom stereocenters. The lowest BCUT2D eigenvalue weighted by Crippen LogP contribution is -2.44. The Bertz CT molecular complexity index is 290. The maximum absolute atomic E-state index is 12.5. The van der Waals surface area contributed by atoms with E-state index < -0.39 is 0 Å². The molecule has 0 spiro atoms. The fourth-order valence-corrected chi connectivity index (χ4v) is 4.36. The first-order valence-electron chi connectivity index (χ1n) is 8.04. The van der Waals surface area contributed by atoms with Crippen molar-refractivity contribution >= 4 is 17.7 Å². The van der Waals surface area contributed by atoms with Gasteiger partial charge in [-0.25, -0.2) is 0 Å². The summed E-state index contributed by atoms with van der Waals surface area (Å²) in [4.78, 5) is 14.4. The van der Waals surface area contributed by atoms with Gasteiger partial charge in [0.15, 0.2) is 0 Å². The summed E-state index contributed by atoms with van der Waals surface area (Å²) in [6, 6.07) is 0.372. The first kappa shape index (κ1) is 16.1. The second-order valence-corrected chi connectivity index (χ2v) is 7.15. The summed E-state index contributed by atoms with van der Waals surface area (Å²) in [5, 5.41) is 13.2. The van der Waals surface area contributed by atoms with Gasteiger partial charge in [-0.15, -0.1) is 11.8 Å². The molecule has 0 unspecified atom stereocenters. The number of carbonyl (C=O) groups excluding carboxylic acids is 1. The van der Waals surface area contributed by atoms with Crippen LogP contribution in [-0.2, 0) is 4.79 Å². The van der Waals surface area contributed by atoms with E-state index in [1.54, 1.807) is 0 Å². The van der Waals surface area contributed by atoms with Crippen LogP contribution in [0.2, 0.25) is 0 Å². The van der Waals surface area contributed by atoms with Crippen LogP contribution in [0.3, 0.4) is 0 Å². The number of nitrogens with one attached hydrogen (secondary N) is 1. The molecule has 0 bridgehead atoms. The van der Waals surface area contributed by atoms with Crippen LogP contribution >= 0.6 is 11.8 Å². The largest absolute Gasteiger partial charge is 0.395 e. The van der Waals surface area contributed by atoms with E-state index in [9.17, 15) is 9.90 Å². The molecular weight excluding hydrogens is 272 g/mol. The van der Waals surface area contributed by atoms with Gasteiger partial charge in [0.25, 0.3) is 0 Å². The second kappa shape index (κ2) is 8.90. The minimum absolute atomic E-state index is 0.0836. The van der Waals surface area contributed by atoms with Crippen molar-refractivity contribution in [2.75, 3.05) is 32.0 Å². The van der Waals surface area contributed by atoms with E-state index in [1.165, 1.54) is 32.1 Å². The number of piperidine rings is 1. The zero-order valence-electron chi connectivity index (χ0n) is 12.4. The zero-order valence-corrected chi connectivity index (χ0v) is 13.2. The highest BCUT2D eigenvalue weighted by Crippen LogP contribution is 2.25. The number of aliphatic hydroxyl groups is 1. The zero-order chi connectivity index (χ0) is 14.2. The third-order valence-electron chi connectivity index (χ3n) is 4.41. The maximum atomic E-state index is 12.5. The standard InChI is InChI=1S/C15H28N2O2S/c18-11-10-17(13-4-2-1-3-5-13)15(19)12-20-14-6-8-16-9-7-14/h13-14,16,18H,1-12H2. The van der Waals surface area contributed by atoms with Crippen LogP contribution in [0.1, 0.15) is 44.9 Å². The van der Waals surface area contributed by atoms with Gasteiger partial charge in [-0.3, -0.25) is 4.79 Å². The molecule has 1 heterocycles. The Hall–Kier alpha value is -0.260. The van der Waals surface area contributed by atoms with E-state index in [1.807, 2.05) is 16.7 Å². The van der Waals surface area contributed by atoms with Crippen molar-refractivity contribution in [3.05, 3.63) is 0 Å². The van der Waals surface area contributed by atoms with Gasteiger partial charge in [0, 0.05) is 17.8 Å². The average molecular weight is 300 g/mol. The minimum atomic E-state index is 0.0836. The van der Waals surface area contributed by atoms with E-state index >= 15 is 0 Å². The summed E-state index contributed by atoms with van der Waals surface area (Å²) in [5.41, 5.74) is 0. The smallest absolute Gasteiger partial charge is 0.232 e. The molecular formula is C15H28N2O2S. The summed E-state index contributed by atoms with van der Waals surface area (Å²) in [5.74, 6) is 0.815. The predicted octanol–water partition coefficient (Wildman–Crippen LogP) is 1.63. The van der Waals surface area contributed by atoms with Crippen LogP contribution in [0.4, 0.5) is 0 Å². The first-order chi connectivity index (χ1) is 9.81. The number of thioether (sulfide) groups is 1. The number of hydrogen-bond donors (Lipinski definition) is 2. The first-order valence-corrected chi connectivity index (χ1v) is 9.09. The molecule has 2 aliphatic rings. The van der Waals surface area contributed by atoms with E-state index in [0.29, 0.717) is 23.6 Å². The molecule has 2 rings (SSSR count). The number of aliphatic hydroxyl groups excluding tert-OH is 1. The molecule has 1 saturated carbocycles. The van der Waals surface area contributed by atoms with Gasteiger partial charge in [0.05, 0.1) is 12.4 Å². The Balaban J connectivity index is 1.79. The molecule has 1 aliphatic heterocycles. The fraction of sp³-hybridized carbons (Fsp3) is 0.933. The van der Waals surface area contributed by atoms with Gasteiger partial charge in [0.1, 0.15) is 0 Å². The van der Waals surface area contributed by atoms with E-state index in [-0.39, 0.29) is 12.5 Å². The molecule has 1 aliphatic carbocycles. The van der Waals surface area contributed by atoms with Crippen LogP contribution in [-0.4, -0.2) is 59.2 Å². The number of carbonyl (C=O) groups is 1. The van der Waals surface area contributed by atoms with Crippen LogP contribution in [0, 0.1) is 0 Å². The Morgan fingerprint density at radius 2 is 1.85 bits per heavy atom. The third-order valence-corrected chi connectivity index (χ3v) is 5.76. The van der Waals surface area contributed by atoms with Gasteiger partial charge < -0.3 is 15.3 Å². The van der Waals surface area contributed by atoms with Gasteiger partial charge in [-0.05, 0) is 38.8 Å². The van der Waals surface area contributed by atoms with Gasteiger partial charge in [-0.2, -0.15) is 0 Å². The quantitative estimate of drug-likeness (QED) is 0.783. The van der Waals surface area contributed by atoms with Crippen LogP contribution in [0.25, 0.3) is 0 Å². The lowest BCUT2D eigenvalue weighted by atomic mass is 9.94. The fourth-order valence-electron chi connectivity index (χ4n) is 3.25. The number of hydrogen-bond acceptors (Lipinski definition) is 4. The second-order valence-electron chi connectivity index (χ2n) is 5.86. The summed E-state index contributed by atoms with van der Waals surface area (Å²) in [6.07, 6.45) is 8.31. The van der Waals surface area contributed by atoms with Crippen LogP contribution in [0.15, 0.2) is 0 Å². The molecule has 1 amide bonds. The van der Waals surface area contributed by atoms with Crippen molar-refractivity contribution < 1.29 is 9.90 Å². The summed E-state index contributed by atoms with van der Waals surface area (Å²) >= 11 is 1.81. The Morgan fingerprint density at radius 1 is 1.15 bits per heavy atom. The van der Waals surface area contributed by atoms with Crippen LogP contribution in [0.5, 0.6) is 0 Å². The topological polar surface area (TPSA) is 52.6 Å². The van der Waals surface area contributed by atoms with Crippen molar-refractivity contribution in [3.8, 4) is 0 Å². The highest BCUT2D eigenvalue weighted by atomic mass is 32.2. The van der Waals surface area contributed by atoms with E-state index in [0.717, 1.165) is 25.9 Å². The van der Waals surface area contributed by atoms with Gasteiger partial charge in [0.2, 0.25) is 5.91 Å². The Morgan fingerprint density at radius 3 is 2.50 bits per heavy atom. The van der Waals surface area contributed by atoms with Gasteiger partial charge >= 0.3 is 0 Å². The highest BCUT2D eigenvalue weighted by molar-refractivity contribution is 8.00. The number of amides is 1. The lowest BCUT2D eigenvalue weighted by Gasteiger charge is -2.34. The van der Waals surface area contributed by atoms with Crippen molar-refractivity contribution in [2.24, 2.45) is 0 Å². The summed E-state index contributed by atoms with van der Waals surface area (Å²) in [6.45, 7) is 2.75. The van der Waals surface area contributed by atoms with Crippen molar-refractivity contribution in [2.45, 2.75) is 56.2 Å². The normalized spacial score (nSPS) is 21.9.